The Morgan fingerprint density at radius 1 is 1.44 bits per heavy atom. The highest BCUT2D eigenvalue weighted by Crippen LogP contribution is 2.50. The van der Waals surface area contributed by atoms with Gasteiger partial charge in [-0.25, -0.2) is 13.4 Å². The summed E-state index contributed by atoms with van der Waals surface area (Å²) in [6.45, 7) is 1.38. The van der Waals surface area contributed by atoms with Crippen molar-refractivity contribution in [2.45, 2.75) is 35.7 Å². The van der Waals surface area contributed by atoms with Crippen LogP contribution in [-0.4, -0.2) is 25.1 Å². The first-order chi connectivity index (χ1) is 8.07. The number of sulfonamides is 1. The largest absolute Gasteiger partial charge is 0.407 e. The van der Waals surface area contributed by atoms with Gasteiger partial charge in [0.1, 0.15) is 5.54 Å². The van der Waals surface area contributed by atoms with Gasteiger partial charge in [0, 0.05) is 0 Å². The lowest BCUT2D eigenvalue weighted by atomic mass is 10.3. The number of anilines is 1. The van der Waals surface area contributed by atoms with Gasteiger partial charge in [-0.1, -0.05) is 11.3 Å². The van der Waals surface area contributed by atoms with E-state index in [1.807, 2.05) is 0 Å². The first kappa shape index (κ1) is 13.6. The first-order valence-corrected chi connectivity index (χ1v) is 7.21. The number of aryl methyl sites for hydroxylation is 1. The minimum Gasteiger partial charge on any atom is -0.375 e. The summed E-state index contributed by atoms with van der Waals surface area (Å²) in [7, 11) is -4.24. The van der Waals surface area contributed by atoms with Crippen molar-refractivity contribution in [2.75, 3.05) is 5.73 Å². The Morgan fingerprint density at radius 2 is 2.00 bits per heavy atom. The van der Waals surface area contributed by atoms with Crippen molar-refractivity contribution in [1.29, 1.82) is 0 Å². The van der Waals surface area contributed by atoms with Gasteiger partial charge in [-0.2, -0.15) is 17.9 Å². The molecule has 0 aliphatic heterocycles. The van der Waals surface area contributed by atoms with Gasteiger partial charge < -0.3 is 5.73 Å². The van der Waals surface area contributed by atoms with Crippen molar-refractivity contribution in [3.63, 3.8) is 0 Å². The number of hydrogen-bond donors (Lipinski definition) is 2. The molecular weight excluding hydrogens is 291 g/mol. The molecule has 0 atom stereocenters. The van der Waals surface area contributed by atoms with Crippen LogP contribution in [0.5, 0.6) is 0 Å². The number of thiazole rings is 1. The fraction of sp³-hybridized carbons (Fsp3) is 0.625. The zero-order valence-corrected chi connectivity index (χ0v) is 10.8. The molecule has 5 nitrogen and oxygen atoms in total. The van der Waals surface area contributed by atoms with Crippen LogP contribution in [0.15, 0.2) is 4.21 Å². The number of nitrogens with zero attached hydrogens (tertiary/aromatic N) is 1. The Hall–Kier alpha value is -0.870. The smallest absolute Gasteiger partial charge is 0.375 e. The van der Waals surface area contributed by atoms with E-state index in [2.05, 4.69) is 4.98 Å². The molecule has 10 heteroatoms. The lowest BCUT2D eigenvalue weighted by Gasteiger charge is -2.20. The molecule has 1 aromatic heterocycles. The van der Waals surface area contributed by atoms with Gasteiger partial charge in [0.2, 0.25) is 0 Å². The zero-order chi connectivity index (χ0) is 13.8. The predicted octanol–water partition coefficient (Wildman–Crippen LogP) is 1.41. The number of nitrogens with one attached hydrogen (secondary N) is 1. The maximum atomic E-state index is 12.7. The molecule has 1 saturated carbocycles. The topological polar surface area (TPSA) is 85.1 Å². The second kappa shape index (κ2) is 3.81. The molecule has 0 aromatic carbocycles. The molecule has 1 aromatic rings. The summed E-state index contributed by atoms with van der Waals surface area (Å²) >= 11 is 0.649. The molecule has 18 heavy (non-hydrogen) atoms. The lowest BCUT2D eigenvalue weighted by molar-refractivity contribution is -0.160. The fourth-order valence-electron chi connectivity index (χ4n) is 1.52. The molecule has 3 N–H and O–H groups in total. The quantitative estimate of drug-likeness (QED) is 0.884. The molecule has 1 aliphatic rings. The van der Waals surface area contributed by atoms with Crippen molar-refractivity contribution in [1.82, 2.24) is 9.71 Å². The number of rotatable bonds is 3. The van der Waals surface area contributed by atoms with Gasteiger partial charge in [-0.05, 0) is 19.8 Å². The Labute approximate surface area is 105 Å². The van der Waals surface area contributed by atoms with E-state index in [0.29, 0.717) is 11.3 Å². The third-order valence-corrected chi connectivity index (χ3v) is 5.77. The second-order valence-corrected chi connectivity index (χ2v) is 7.02. The van der Waals surface area contributed by atoms with E-state index in [9.17, 15) is 21.6 Å². The summed E-state index contributed by atoms with van der Waals surface area (Å²) in [5.41, 5.74) is 3.11. The SMILES string of the molecule is Cc1nc(N)sc1S(=O)(=O)NC1(C(F)(F)F)CC1. The Bertz CT molecular complexity index is 575. The Kier molecular flexibility index (Phi) is 2.87. The molecule has 0 spiro atoms. The van der Waals surface area contributed by atoms with Crippen LogP contribution < -0.4 is 10.5 Å². The molecular formula is C8H10F3N3O2S2. The third-order valence-electron chi connectivity index (χ3n) is 2.64. The number of aromatic nitrogens is 1. The number of nitrogen functional groups attached to an aromatic ring is 1. The summed E-state index contributed by atoms with van der Waals surface area (Å²) in [6, 6.07) is 0. The van der Waals surface area contributed by atoms with E-state index in [4.69, 9.17) is 5.73 Å². The van der Waals surface area contributed by atoms with Gasteiger partial charge in [-0.15, -0.1) is 0 Å². The minimum atomic E-state index is -4.59. The molecule has 0 amide bonds. The van der Waals surface area contributed by atoms with E-state index in [-0.39, 0.29) is 27.9 Å². The van der Waals surface area contributed by atoms with Crippen molar-refractivity contribution in [2.24, 2.45) is 0 Å². The number of alkyl halides is 3. The summed E-state index contributed by atoms with van der Waals surface area (Å²) in [5, 5.41) is 0.00438. The van der Waals surface area contributed by atoms with Crippen molar-refractivity contribution in [3.05, 3.63) is 5.69 Å². The summed E-state index contributed by atoms with van der Waals surface area (Å²) < 4.78 is 63.2. The van der Waals surface area contributed by atoms with Crippen LogP contribution >= 0.6 is 11.3 Å². The standard InChI is InChI=1S/C8H10F3N3O2S2/c1-4-5(17-6(12)13-4)18(15,16)14-7(2-3-7)8(9,10)11/h14H,2-3H2,1H3,(H2,12,13). The zero-order valence-electron chi connectivity index (χ0n) is 9.21. The van der Waals surface area contributed by atoms with Gasteiger partial charge in [0.05, 0.1) is 5.69 Å². The van der Waals surface area contributed by atoms with Crippen LogP contribution in [0.2, 0.25) is 0 Å². The fourth-order valence-corrected chi connectivity index (χ4v) is 4.27. The predicted molar refractivity (Wildman–Crippen MR) is 59.6 cm³/mol. The molecule has 0 saturated heterocycles. The molecule has 1 heterocycles. The van der Waals surface area contributed by atoms with E-state index in [1.165, 1.54) is 6.92 Å². The van der Waals surface area contributed by atoms with E-state index in [0.717, 1.165) is 0 Å². The van der Waals surface area contributed by atoms with Crippen LogP contribution in [0, 0.1) is 6.92 Å². The average Bonchev–Trinajstić information content (AvgIpc) is 2.85. The van der Waals surface area contributed by atoms with Crippen molar-refractivity contribution >= 4 is 26.5 Å². The first-order valence-electron chi connectivity index (χ1n) is 4.91. The van der Waals surface area contributed by atoms with Crippen LogP contribution in [0.3, 0.4) is 0 Å². The molecule has 0 unspecified atom stereocenters. The van der Waals surface area contributed by atoms with Crippen molar-refractivity contribution in [3.8, 4) is 0 Å². The minimum absolute atomic E-state index is 0.00438. The maximum Gasteiger partial charge on any atom is 0.407 e. The van der Waals surface area contributed by atoms with E-state index < -0.39 is 21.7 Å². The van der Waals surface area contributed by atoms with Gasteiger partial charge in [-0.3, -0.25) is 0 Å². The lowest BCUT2D eigenvalue weighted by Crippen LogP contribution is -2.47. The summed E-state index contributed by atoms with van der Waals surface area (Å²) in [6.07, 6.45) is -5.09. The van der Waals surface area contributed by atoms with Crippen molar-refractivity contribution < 1.29 is 21.6 Å². The Morgan fingerprint density at radius 3 is 2.33 bits per heavy atom. The normalized spacial score (nSPS) is 18.9. The Balaban J connectivity index is 2.32. The number of hydrogen-bond acceptors (Lipinski definition) is 5. The summed E-state index contributed by atoms with van der Waals surface area (Å²) in [4.78, 5) is 3.69. The molecule has 0 radical (unpaired) electrons. The van der Waals surface area contributed by atoms with Crippen LogP contribution in [-0.2, 0) is 10.0 Å². The monoisotopic (exact) mass is 301 g/mol. The van der Waals surface area contributed by atoms with E-state index in [1.54, 1.807) is 4.72 Å². The molecule has 1 fully saturated rings. The van der Waals surface area contributed by atoms with Crippen LogP contribution in [0.1, 0.15) is 18.5 Å². The van der Waals surface area contributed by atoms with Gasteiger partial charge >= 0.3 is 6.18 Å². The van der Waals surface area contributed by atoms with Gasteiger partial charge in [0.25, 0.3) is 10.0 Å². The second-order valence-electron chi connectivity index (χ2n) is 4.11. The highest BCUT2D eigenvalue weighted by molar-refractivity contribution is 7.91. The third kappa shape index (κ3) is 2.19. The van der Waals surface area contributed by atoms with Crippen LogP contribution in [0.25, 0.3) is 0 Å². The van der Waals surface area contributed by atoms with Gasteiger partial charge in [0.15, 0.2) is 9.34 Å². The molecule has 2 rings (SSSR count). The molecule has 0 bridgehead atoms. The maximum absolute atomic E-state index is 12.7. The van der Waals surface area contributed by atoms with Crippen LogP contribution in [0.4, 0.5) is 18.3 Å². The average molecular weight is 301 g/mol. The molecule has 1 aliphatic carbocycles. The highest BCUT2D eigenvalue weighted by atomic mass is 32.2. The van der Waals surface area contributed by atoms with E-state index >= 15 is 0 Å². The highest BCUT2D eigenvalue weighted by Gasteiger charge is 2.65. The molecule has 102 valence electrons. The number of halogens is 3. The number of nitrogens with two attached hydrogens (primary N) is 1. The summed E-state index contributed by atoms with van der Waals surface area (Å²) in [5.74, 6) is 0.